The maximum atomic E-state index is 13.0. The highest BCUT2D eigenvalue weighted by Crippen LogP contribution is 2.23. The summed E-state index contributed by atoms with van der Waals surface area (Å²) in [5.74, 6) is -1.02. The van der Waals surface area contributed by atoms with Crippen molar-refractivity contribution in [3.63, 3.8) is 0 Å². The van der Waals surface area contributed by atoms with Crippen LogP contribution in [0.25, 0.3) is 17.7 Å². The number of hydrogen-bond acceptors (Lipinski definition) is 8. The predicted octanol–water partition coefficient (Wildman–Crippen LogP) is 5.44. The molecule has 2 saturated heterocycles. The first kappa shape index (κ1) is 36.3. The summed E-state index contributed by atoms with van der Waals surface area (Å²) >= 11 is 12.0. The van der Waals surface area contributed by atoms with Crippen LogP contribution in [0.5, 0.6) is 0 Å². The Labute approximate surface area is 312 Å². The van der Waals surface area contributed by atoms with Crippen LogP contribution in [-0.2, 0) is 14.4 Å². The maximum Gasteiger partial charge on any atom is 0.268 e. The van der Waals surface area contributed by atoms with Gasteiger partial charge in [0.2, 0.25) is 11.8 Å². The van der Waals surface area contributed by atoms with Crippen molar-refractivity contribution in [3.05, 3.63) is 136 Å². The Morgan fingerprint density at radius 3 is 1.38 bits per heavy atom. The van der Waals surface area contributed by atoms with Gasteiger partial charge in [-0.2, -0.15) is 0 Å². The largest absolute Gasteiger partial charge is 0.368 e. The van der Waals surface area contributed by atoms with Crippen molar-refractivity contribution < 1.29 is 19.6 Å². The Morgan fingerprint density at radius 2 is 1.00 bits per heavy atom. The molecule has 11 nitrogen and oxygen atoms in total. The van der Waals surface area contributed by atoms with Crippen molar-refractivity contribution >= 4 is 70.0 Å². The molecule has 2 aliphatic rings. The first-order chi connectivity index (χ1) is 25.2. The number of anilines is 2. The van der Waals surface area contributed by atoms with E-state index in [9.17, 15) is 19.6 Å². The third-order valence-electron chi connectivity index (χ3n) is 8.84. The highest BCUT2D eigenvalue weighted by molar-refractivity contribution is 6.30. The topological polar surface area (TPSA) is 122 Å². The van der Waals surface area contributed by atoms with Crippen LogP contribution >= 0.6 is 23.2 Å². The molecule has 0 spiro atoms. The Bertz CT molecular complexity index is 1850. The Balaban J connectivity index is 1.10. The van der Waals surface area contributed by atoms with Gasteiger partial charge in [0.05, 0.1) is 22.8 Å². The Kier molecular flexibility index (Phi) is 12.0. The molecular weight excluding hydrogens is 701 g/mol. The van der Waals surface area contributed by atoms with E-state index in [2.05, 4.69) is 19.8 Å². The number of hydrogen-bond donors (Lipinski definition) is 2. The lowest BCUT2D eigenvalue weighted by molar-refractivity contribution is -0.127. The lowest BCUT2D eigenvalue weighted by Crippen LogP contribution is -2.48. The van der Waals surface area contributed by atoms with E-state index in [1.807, 2.05) is 48.5 Å². The molecule has 6 rings (SSSR count). The Hall–Kier alpha value is -5.49. The molecule has 52 heavy (non-hydrogen) atoms. The van der Waals surface area contributed by atoms with Gasteiger partial charge in [-0.15, -0.1) is 0 Å². The number of benzene rings is 2. The third kappa shape index (κ3) is 9.43. The van der Waals surface area contributed by atoms with Gasteiger partial charge in [0.25, 0.3) is 5.91 Å². The van der Waals surface area contributed by atoms with Crippen LogP contribution in [0, 0.1) is 0 Å². The fourth-order valence-electron chi connectivity index (χ4n) is 6.03. The standard InChI is InChI=1S/C39H37Cl2N7O4/c40-28-7-13-32(14-8-28)45-19-23-47(24-20-45)38(50)17-11-30-3-1-5-35(42-30)34(27-37(49)44-52)36-6-2-4-31(43-36)12-18-39(51)48-25-21-46(22-26-48)33-15-9-29(41)10-16-33/h1-18,27,52H,19-26H2,(H,44,49). The van der Waals surface area contributed by atoms with Crippen molar-refractivity contribution in [2.24, 2.45) is 0 Å². The van der Waals surface area contributed by atoms with E-state index in [4.69, 9.17) is 23.2 Å². The summed E-state index contributed by atoms with van der Waals surface area (Å²) in [6.45, 7) is 5.11. The quantitative estimate of drug-likeness (QED) is 0.132. The van der Waals surface area contributed by atoms with E-state index in [1.165, 1.54) is 18.2 Å². The molecule has 13 heteroatoms. The monoisotopic (exact) mass is 737 g/mol. The number of hydroxylamine groups is 1. The number of nitrogens with one attached hydrogen (secondary N) is 1. The maximum absolute atomic E-state index is 13.0. The molecule has 0 saturated carbocycles. The minimum Gasteiger partial charge on any atom is -0.368 e. The number of piperazine rings is 2. The van der Waals surface area contributed by atoms with E-state index in [1.54, 1.807) is 63.8 Å². The zero-order valence-corrected chi connectivity index (χ0v) is 29.7. The first-order valence-electron chi connectivity index (χ1n) is 16.8. The molecule has 0 bridgehead atoms. The van der Waals surface area contributed by atoms with Crippen LogP contribution in [0.3, 0.4) is 0 Å². The third-order valence-corrected chi connectivity index (χ3v) is 9.34. The Morgan fingerprint density at radius 1 is 0.596 bits per heavy atom. The van der Waals surface area contributed by atoms with E-state index >= 15 is 0 Å². The van der Waals surface area contributed by atoms with Crippen LogP contribution < -0.4 is 15.3 Å². The summed E-state index contributed by atoms with van der Waals surface area (Å²) in [4.78, 5) is 55.8. The summed E-state index contributed by atoms with van der Waals surface area (Å²) in [6.07, 6.45) is 7.45. The van der Waals surface area contributed by atoms with Gasteiger partial charge in [0.1, 0.15) is 0 Å². The van der Waals surface area contributed by atoms with Crippen LogP contribution in [0.1, 0.15) is 22.8 Å². The van der Waals surface area contributed by atoms with Gasteiger partial charge < -0.3 is 19.6 Å². The molecule has 4 heterocycles. The van der Waals surface area contributed by atoms with Gasteiger partial charge in [-0.05, 0) is 84.9 Å². The molecule has 266 valence electrons. The number of carbonyl (C=O) groups is 3. The second-order valence-corrected chi connectivity index (χ2v) is 13.0. The number of halogens is 2. The number of amides is 3. The molecule has 4 aromatic rings. The first-order valence-corrected chi connectivity index (χ1v) is 17.6. The molecule has 2 N–H and O–H groups in total. The highest BCUT2D eigenvalue weighted by atomic mass is 35.5. The van der Waals surface area contributed by atoms with Crippen molar-refractivity contribution in [2.75, 3.05) is 62.2 Å². The minimum absolute atomic E-state index is 0.127. The van der Waals surface area contributed by atoms with Crippen LogP contribution in [-0.4, -0.2) is 95.1 Å². The van der Waals surface area contributed by atoms with E-state index in [-0.39, 0.29) is 11.8 Å². The normalized spacial score (nSPS) is 14.9. The number of rotatable bonds is 9. The van der Waals surface area contributed by atoms with E-state index < -0.39 is 5.91 Å². The van der Waals surface area contributed by atoms with Crippen LogP contribution in [0.4, 0.5) is 11.4 Å². The molecule has 2 aromatic carbocycles. The van der Waals surface area contributed by atoms with Gasteiger partial charge in [0.15, 0.2) is 0 Å². The summed E-state index contributed by atoms with van der Waals surface area (Å²) < 4.78 is 0. The highest BCUT2D eigenvalue weighted by Gasteiger charge is 2.21. The average Bonchev–Trinajstić information content (AvgIpc) is 3.19. The molecule has 3 amide bonds. The zero-order valence-electron chi connectivity index (χ0n) is 28.2. The molecule has 0 radical (unpaired) electrons. The van der Waals surface area contributed by atoms with Crippen molar-refractivity contribution in [2.45, 2.75) is 0 Å². The molecule has 0 unspecified atom stereocenters. The lowest BCUT2D eigenvalue weighted by Gasteiger charge is -2.35. The predicted molar refractivity (Wildman–Crippen MR) is 204 cm³/mol. The van der Waals surface area contributed by atoms with Crippen molar-refractivity contribution in [1.82, 2.24) is 25.2 Å². The molecule has 0 aliphatic carbocycles. The average molecular weight is 739 g/mol. The summed E-state index contributed by atoms with van der Waals surface area (Å²) in [5.41, 5.74) is 5.90. The van der Waals surface area contributed by atoms with Gasteiger partial charge in [-0.3, -0.25) is 19.6 Å². The molecule has 2 aromatic heterocycles. The second kappa shape index (κ2) is 17.1. The smallest absolute Gasteiger partial charge is 0.268 e. The van der Waals surface area contributed by atoms with Gasteiger partial charge in [-0.25, -0.2) is 15.4 Å². The fourth-order valence-corrected chi connectivity index (χ4v) is 6.28. The summed E-state index contributed by atoms with van der Waals surface area (Å²) in [7, 11) is 0. The van der Waals surface area contributed by atoms with E-state index in [0.717, 1.165) is 11.4 Å². The number of pyridine rings is 2. The molecule has 2 fully saturated rings. The van der Waals surface area contributed by atoms with Gasteiger partial charge >= 0.3 is 0 Å². The van der Waals surface area contributed by atoms with E-state index in [0.29, 0.717) is 90.8 Å². The zero-order chi connectivity index (χ0) is 36.5. The van der Waals surface area contributed by atoms with Crippen LogP contribution in [0.2, 0.25) is 10.0 Å². The number of nitrogens with zero attached hydrogens (tertiary/aromatic N) is 6. The summed E-state index contributed by atoms with van der Waals surface area (Å²) in [6, 6.07) is 25.8. The van der Waals surface area contributed by atoms with Crippen molar-refractivity contribution in [1.29, 1.82) is 0 Å². The number of carbonyl (C=O) groups excluding carboxylic acids is 3. The fraction of sp³-hybridized carbons (Fsp3) is 0.205. The number of aromatic nitrogens is 2. The van der Waals surface area contributed by atoms with Crippen LogP contribution in [0.15, 0.2) is 103 Å². The lowest BCUT2D eigenvalue weighted by atomic mass is 10.1. The molecule has 2 aliphatic heterocycles. The van der Waals surface area contributed by atoms with Gasteiger partial charge in [-0.1, -0.05) is 35.3 Å². The summed E-state index contributed by atoms with van der Waals surface area (Å²) in [5, 5.41) is 10.7. The van der Waals surface area contributed by atoms with Crippen molar-refractivity contribution in [3.8, 4) is 0 Å². The molecular formula is C39H37Cl2N7O4. The minimum atomic E-state index is -0.763. The SMILES string of the molecule is O=C(C=C(c1cccc(C=CC(=O)N2CCN(c3ccc(Cl)cc3)CC2)n1)c1cccc(C=CC(=O)N2CCN(c3ccc(Cl)cc3)CC2)n1)NO. The molecule has 0 atom stereocenters. The van der Waals surface area contributed by atoms with Gasteiger partial charge in [0, 0.05) is 97.6 Å². The second-order valence-electron chi connectivity index (χ2n) is 12.2.